The van der Waals surface area contributed by atoms with E-state index in [1.165, 1.54) is 6.20 Å². The van der Waals surface area contributed by atoms with Crippen LogP contribution in [0.5, 0.6) is 0 Å². The Kier molecular flexibility index (Phi) is 3.74. The number of nitrogens with zero attached hydrogens (tertiary/aromatic N) is 1. The molecule has 1 N–H and O–H groups in total. The molecule has 6 heteroatoms. The van der Waals surface area contributed by atoms with E-state index in [-0.39, 0.29) is 10.5 Å². The van der Waals surface area contributed by atoms with Gasteiger partial charge < -0.3 is 5.21 Å². The summed E-state index contributed by atoms with van der Waals surface area (Å²) >= 11 is 5.83. The molecule has 94 valence electrons. The summed E-state index contributed by atoms with van der Waals surface area (Å²) < 4.78 is 22.8. The number of benzene rings is 1. The summed E-state index contributed by atoms with van der Waals surface area (Å²) in [6.45, 7) is 0. The molecule has 0 aliphatic carbocycles. The molecular weight excluding hydrogens is 274 g/mol. The number of aromatic nitrogens is 1. The first-order chi connectivity index (χ1) is 8.65. The molecule has 2 rings (SSSR count). The second-order valence-corrected chi connectivity index (χ2v) is 4.72. The van der Waals surface area contributed by atoms with Gasteiger partial charge in [0.05, 0.1) is 0 Å². The van der Waals surface area contributed by atoms with E-state index in [0.29, 0.717) is 15.9 Å². The summed E-state index contributed by atoms with van der Waals surface area (Å²) in [4.78, 5) is 0. The molecule has 0 saturated carbocycles. The SMILES string of the molecule is O=S(=O)=c1c(-c2ccccc2CCl)cccn1O. The zero-order chi connectivity index (χ0) is 13.1. The molecule has 0 radical (unpaired) electrons. The van der Waals surface area contributed by atoms with Gasteiger partial charge in [-0.25, -0.2) is 0 Å². The van der Waals surface area contributed by atoms with Crippen molar-refractivity contribution >= 4 is 21.9 Å². The van der Waals surface area contributed by atoms with Gasteiger partial charge >= 0.3 is 0 Å². The predicted octanol–water partition coefficient (Wildman–Crippen LogP) is 2.54. The van der Waals surface area contributed by atoms with Gasteiger partial charge in [0.25, 0.3) is 0 Å². The molecule has 0 spiro atoms. The minimum Gasteiger partial charge on any atom is -0.427 e. The molecule has 0 saturated heterocycles. The third kappa shape index (κ3) is 2.27. The Labute approximate surface area is 110 Å². The van der Waals surface area contributed by atoms with E-state index >= 15 is 0 Å². The largest absolute Gasteiger partial charge is 0.427 e. The van der Waals surface area contributed by atoms with E-state index in [2.05, 4.69) is 0 Å². The van der Waals surface area contributed by atoms with Crippen LogP contribution < -0.4 is 0 Å². The molecule has 1 aromatic carbocycles. The summed E-state index contributed by atoms with van der Waals surface area (Å²) in [7, 11) is -2.54. The maximum absolute atomic E-state index is 11.2. The van der Waals surface area contributed by atoms with Gasteiger partial charge in [-0.2, -0.15) is 13.1 Å². The molecule has 0 aliphatic heterocycles. The molecule has 4 nitrogen and oxygen atoms in total. The van der Waals surface area contributed by atoms with Gasteiger partial charge in [-0.1, -0.05) is 24.3 Å². The first-order valence-electron chi connectivity index (χ1n) is 5.12. The summed E-state index contributed by atoms with van der Waals surface area (Å²) in [6.07, 6.45) is 1.26. The fourth-order valence-electron chi connectivity index (χ4n) is 1.75. The van der Waals surface area contributed by atoms with Gasteiger partial charge in [-0.15, -0.1) is 11.6 Å². The third-order valence-corrected chi connectivity index (χ3v) is 3.55. The molecule has 18 heavy (non-hydrogen) atoms. The molecule has 1 heterocycles. The van der Waals surface area contributed by atoms with Crippen LogP contribution in [-0.4, -0.2) is 18.4 Å². The highest BCUT2D eigenvalue weighted by atomic mass is 35.5. The van der Waals surface area contributed by atoms with E-state index in [1.54, 1.807) is 24.3 Å². The van der Waals surface area contributed by atoms with Gasteiger partial charge in [0.1, 0.15) is 0 Å². The Morgan fingerprint density at radius 1 is 1.11 bits per heavy atom. The van der Waals surface area contributed by atoms with Crippen LogP contribution in [0.4, 0.5) is 0 Å². The second kappa shape index (κ2) is 5.29. The van der Waals surface area contributed by atoms with Crippen molar-refractivity contribution in [3.05, 3.63) is 52.8 Å². The fourth-order valence-corrected chi connectivity index (χ4v) is 2.56. The fraction of sp³-hybridized carbons (Fsp3) is 0.0833. The topological polar surface area (TPSA) is 59.3 Å². The lowest BCUT2D eigenvalue weighted by molar-refractivity contribution is 0.180. The molecule has 0 unspecified atom stereocenters. The highest BCUT2D eigenvalue weighted by Gasteiger charge is 2.08. The molecule has 0 atom stereocenters. The summed E-state index contributed by atoms with van der Waals surface area (Å²) in [6, 6.07) is 10.4. The van der Waals surface area contributed by atoms with Crippen molar-refractivity contribution in [2.75, 3.05) is 0 Å². The Bertz CT molecular complexity index is 742. The van der Waals surface area contributed by atoms with E-state index in [9.17, 15) is 13.6 Å². The maximum atomic E-state index is 11.2. The molecule has 0 bridgehead atoms. The number of rotatable bonds is 2. The van der Waals surface area contributed by atoms with Crippen molar-refractivity contribution in [1.29, 1.82) is 0 Å². The van der Waals surface area contributed by atoms with Crippen LogP contribution in [0.3, 0.4) is 0 Å². The Morgan fingerprint density at radius 2 is 1.78 bits per heavy atom. The van der Waals surface area contributed by atoms with E-state index in [0.717, 1.165) is 5.56 Å². The number of halogens is 1. The minimum atomic E-state index is -2.54. The summed E-state index contributed by atoms with van der Waals surface area (Å²) in [5.74, 6) is 0.265. The quantitative estimate of drug-likeness (QED) is 0.523. The minimum absolute atomic E-state index is 0.185. The molecule has 0 aliphatic rings. The zero-order valence-corrected chi connectivity index (χ0v) is 10.8. The number of hydrogen-bond donors (Lipinski definition) is 1. The van der Waals surface area contributed by atoms with Crippen LogP contribution in [0.2, 0.25) is 0 Å². The van der Waals surface area contributed by atoms with Crippen molar-refractivity contribution in [2.24, 2.45) is 0 Å². The second-order valence-electron chi connectivity index (χ2n) is 3.60. The van der Waals surface area contributed by atoms with Gasteiger partial charge in [0.15, 0.2) is 0 Å². The van der Waals surface area contributed by atoms with Crippen molar-refractivity contribution in [3.63, 3.8) is 0 Å². The first kappa shape index (κ1) is 12.7. The summed E-state index contributed by atoms with van der Waals surface area (Å²) in [5.41, 5.74) is 1.91. The van der Waals surface area contributed by atoms with Crippen molar-refractivity contribution < 1.29 is 13.6 Å². The molecule has 0 amide bonds. The molecule has 2 aromatic rings. The van der Waals surface area contributed by atoms with Crippen LogP contribution in [0, 0.1) is 4.64 Å². The summed E-state index contributed by atoms with van der Waals surface area (Å²) in [5, 5.41) is 9.58. The Balaban J connectivity index is 2.90. The van der Waals surface area contributed by atoms with Crippen LogP contribution >= 0.6 is 11.6 Å². The number of alkyl halides is 1. The predicted molar refractivity (Wildman–Crippen MR) is 68.8 cm³/mol. The van der Waals surface area contributed by atoms with Crippen LogP contribution in [0.1, 0.15) is 5.56 Å². The molecule has 1 aromatic heterocycles. The first-order valence-corrected chi connectivity index (χ1v) is 6.73. The van der Waals surface area contributed by atoms with Crippen LogP contribution in [0.25, 0.3) is 11.1 Å². The number of pyridine rings is 1. The standard InChI is InChI=1S/C12H10ClNO3S/c13-8-9-4-1-2-5-10(9)11-6-3-7-14(15)12(11)18(16)17/h1-7,15H,8H2. The van der Waals surface area contributed by atoms with Crippen molar-refractivity contribution in [1.82, 2.24) is 4.73 Å². The maximum Gasteiger partial charge on any atom is 0.242 e. The average Bonchev–Trinajstić information content (AvgIpc) is 2.38. The van der Waals surface area contributed by atoms with E-state index in [1.807, 2.05) is 12.1 Å². The van der Waals surface area contributed by atoms with Crippen LogP contribution in [0.15, 0.2) is 42.6 Å². The lowest BCUT2D eigenvalue weighted by Gasteiger charge is -2.08. The molecular formula is C12H10ClNO3S. The monoisotopic (exact) mass is 283 g/mol. The van der Waals surface area contributed by atoms with E-state index in [4.69, 9.17) is 11.6 Å². The van der Waals surface area contributed by atoms with E-state index < -0.39 is 10.3 Å². The highest BCUT2D eigenvalue weighted by Crippen LogP contribution is 2.25. The normalized spacial score (nSPS) is 10.3. The van der Waals surface area contributed by atoms with Gasteiger partial charge in [-0.3, -0.25) is 0 Å². The smallest absolute Gasteiger partial charge is 0.242 e. The zero-order valence-electron chi connectivity index (χ0n) is 9.25. The van der Waals surface area contributed by atoms with Crippen molar-refractivity contribution in [2.45, 2.75) is 5.88 Å². The lowest BCUT2D eigenvalue weighted by atomic mass is 10.0. The van der Waals surface area contributed by atoms with Gasteiger partial charge in [0.2, 0.25) is 14.9 Å². The van der Waals surface area contributed by atoms with Gasteiger partial charge in [-0.05, 0) is 23.3 Å². The highest BCUT2D eigenvalue weighted by molar-refractivity contribution is 7.63. The lowest BCUT2D eigenvalue weighted by Crippen LogP contribution is -1.98. The van der Waals surface area contributed by atoms with Crippen LogP contribution in [-0.2, 0) is 16.2 Å². The number of hydrogen-bond acceptors (Lipinski definition) is 3. The third-order valence-electron chi connectivity index (χ3n) is 2.54. The van der Waals surface area contributed by atoms with Gasteiger partial charge in [0, 0.05) is 17.6 Å². The molecule has 0 fully saturated rings. The van der Waals surface area contributed by atoms with Crippen molar-refractivity contribution in [3.8, 4) is 11.1 Å². The Hall–Kier alpha value is -1.72. The average molecular weight is 284 g/mol. The Morgan fingerprint density at radius 3 is 2.44 bits per heavy atom.